The van der Waals surface area contributed by atoms with Crippen molar-refractivity contribution in [1.82, 2.24) is 0 Å². The Hall–Kier alpha value is -1.04. The molecule has 106 valence electrons. The van der Waals surface area contributed by atoms with Gasteiger partial charge in [0.2, 0.25) is 0 Å². The van der Waals surface area contributed by atoms with Crippen LogP contribution in [-0.2, 0) is 4.79 Å². The molecule has 1 aromatic rings. The molecule has 1 unspecified atom stereocenters. The Morgan fingerprint density at radius 1 is 1.37 bits per heavy atom. The van der Waals surface area contributed by atoms with Crippen LogP contribution in [0, 0.1) is 6.92 Å². The molecule has 0 radical (unpaired) electrons. The van der Waals surface area contributed by atoms with E-state index in [2.05, 4.69) is 18.4 Å². The Balaban J connectivity index is 0.000000344. The van der Waals surface area contributed by atoms with Crippen LogP contribution < -0.4 is 5.73 Å². The van der Waals surface area contributed by atoms with Gasteiger partial charge in [-0.1, -0.05) is 30.3 Å². The van der Waals surface area contributed by atoms with E-state index in [1.807, 2.05) is 36.6 Å². The summed E-state index contributed by atoms with van der Waals surface area (Å²) in [6.07, 6.45) is 2.48. The van der Waals surface area contributed by atoms with Gasteiger partial charge < -0.3 is 10.8 Å². The van der Waals surface area contributed by atoms with Gasteiger partial charge in [0.05, 0.1) is 0 Å². The Labute approximate surface area is 123 Å². The molecule has 1 rings (SSSR count). The predicted octanol–water partition coefficient (Wildman–Crippen LogP) is 3.33. The number of aryl methyl sites for hydroxylation is 1. The molecule has 1 aromatic heterocycles. The third-order valence-electron chi connectivity index (χ3n) is 2.06. The average molecular weight is 299 g/mol. The van der Waals surface area contributed by atoms with Crippen LogP contribution in [0.1, 0.15) is 11.3 Å². The van der Waals surface area contributed by atoms with Crippen LogP contribution in [0.25, 0.3) is 0 Å². The average Bonchev–Trinajstić information content (AvgIpc) is 2.50. The van der Waals surface area contributed by atoms with Crippen molar-refractivity contribution in [2.24, 2.45) is 5.73 Å². The minimum Gasteiger partial charge on any atom is -0.480 e. The highest BCUT2D eigenvalue weighted by Crippen LogP contribution is 1.99. The van der Waals surface area contributed by atoms with Gasteiger partial charge in [-0.15, -0.1) is 11.3 Å². The molecule has 0 bridgehead atoms. The summed E-state index contributed by atoms with van der Waals surface area (Å²) < 4.78 is 0. The normalized spacial score (nSPS) is 10.7. The number of thioether (sulfide) groups is 1. The zero-order valence-corrected chi connectivity index (χ0v) is 12.9. The van der Waals surface area contributed by atoms with E-state index < -0.39 is 12.0 Å². The standard InChI is InChI=1S/C9H10S.C5H11NO2S/c1-9-7-5-3-2-4-6-8-10-9;1-9-3-2-4(6)5(7)8/h2-8H,1H3;4H,2-3,6H2,1H3,(H,7,8). The van der Waals surface area contributed by atoms with Crippen LogP contribution in [0.2, 0.25) is 0 Å². The molecule has 0 aliphatic carbocycles. The van der Waals surface area contributed by atoms with Gasteiger partial charge in [-0.3, -0.25) is 4.79 Å². The van der Waals surface area contributed by atoms with E-state index in [0.717, 1.165) is 5.75 Å². The van der Waals surface area contributed by atoms with Gasteiger partial charge >= 0.3 is 5.97 Å². The zero-order valence-electron chi connectivity index (χ0n) is 11.3. The van der Waals surface area contributed by atoms with Gasteiger partial charge in [0.25, 0.3) is 0 Å². The van der Waals surface area contributed by atoms with Gasteiger partial charge in [-0.25, -0.2) is 0 Å². The second-order valence-electron chi connectivity index (χ2n) is 3.72. The monoisotopic (exact) mass is 299 g/mol. The van der Waals surface area contributed by atoms with Crippen LogP contribution in [0.5, 0.6) is 0 Å². The quantitative estimate of drug-likeness (QED) is 0.895. The molecule has 1 atom stereocenters. The molecule has 19 heavy (non-hydrogen) atoms. The number of hydrogen-bond acceptors (Lipinski definition) is 4. The van der Waals surface area contributed by atoms with Crippen molar-refractivity contribution in [3.05, 3.63) is 46.7 Å². The minimum atomic E-state index is -0.913. The summed E-state index contributed by atoms with van der Waals surface area (Å²) in [7, 11) is 0. The van der Waals surface area contributed by atoms with E-state index in [-0.39, 0.29) is 0 Å². The van der Waals surface area contributed by atoms with Crippen molar-refractivity contribution >= 4 is 29.1 Å². The number of nitrogens with two attached hydrogens (primary N) is 1. The first-order chi connectivity index (χ1) is 9.07. The highest BCUT2D eigenvalue weighted by Gasteiger charge is 2.08. The minimum absolute atomic E-state index is 0.552. The van der Waals surface area contributed by atoms with Gasteiger partial charge in [-0.05, 0) is 36.8 Å². The summed E-state index contributed by atoms with van der Waals surface area (Å²) >= 11 is 3.35. The van der Waals surface area contributed by atoms with Crippen molar-refractivity contribution in [3.8, 4) is 0 Å². The third kappa shape index (κ3) is 11.8. The molecule has 3 N–H and O–H groups in total. The molecular formula is C14H21NO2S2. The number of rotatable bonds is 4. The lowest BCUT2D eigenvalue weighted by atomic mass is 10.2. The van der Waals surface area contributed by atoms with Crippen molar-refractivity contribution in [3.63, 3.8) is 0 Å². The number of carbonyl (C=O) groups is 1. The molecule has 0 saturated heterocycles. The second-order valence-corrected chi connectivity index (χ2v) is 5.86. The second kappa shape index (κ2) is 12.0. The smallest absolute Gasteiger partial charge is 0.320 e. The fraction of sp³-hybridized carbons (Fsp3) is 0.357. The lowest BCUT2D eigenvalue weighted by molar-refractivity contribution is -0.138. The number of hydrogen-bond donors (Lipinski definition) is 2. The SMILES string of the molecule is CSCCC(N)C(=O)O.Cc1cccccccs1. The topological polar surface area (TPSA) is 63.3 Å². The zero-order chi connectivity index (χ0) is 14.5. The maximum atomic E-state index is 10.1. The molecule has 0 aliphatic rings. The largest absolute Gasteiger partial charge is 0.480 e. The van der Waals surface area contributed by atoms with Gasteiger partial charge in [-0.2, -0.15) is 11.8 Å². The van der Waals surface area contributed by atoms with Gasteiger partial charge in [0.1, 0.15) is 6.04 Å². The molecular weight excluding hydrogens is 278 g/mol. The summed E-state index contributed by atoms with van der Waals surface area (Å²) in [5, 5.41) is 10.4. The number of carboxylic acids is 1. The predicted molar refractivity (Wildman–Crippen MR) is 85.3 cm³/mol. The van der Waals surface area contributed by atoms with Crippen LogP contribution >= 0.6 is 23.1 Å². The van der Waals surface area contributed by atoms with Crippen LogP contribution in [-0.4, -0.2) is 29.1 Å². The summed E-state index contributed by atoms with van der Waals surface area (Å²) in [6.45, 7) is 2.10. The van der Waals surface area contributed by atoms with E-state index in [1.165, 1.54) is 4.88 Å². The van der Waals surface area contributed by atoms with Crippen molar-refractivity contribution in [2.75, 3.05) is 12.0 Å². The first-order valence-electron chi connectivity index (χ1n) is 5.88. The number of aliphatic carboxylic acids is 1. The lowest BCUT2D eigenvalue weighted by Crippen LogP contribution is -2.30. The fourth-order valence-electron chi connectivity index (χ4n) is 0.983. The van der Waals surface area contributed by atoms with E-state index in [0.29, 0.717) is 6.42 Å². The third-order valence-corrected chi connectivity index (χ3v) is 3.50. The van der Waals surface area contributed by atoms with E-state index >= 15 is 0 Å². The highest BCUT2D eigenvalue weighted by atomic mass is 32.2. The molecule has 0 aliphatic heterocycles. The molecule has 5 heteroatoms. The van der Waals surface area contributed by atoms with Crippen LogP contribution in [0.3, 0.4) is 0 Å². The Bertz CT molecular complexity index is 382. The highest BCUT2D eigenvalue weighted by molar-refractivity contribution is 7.98. The molecule has 3 nitrogen and oxygen atoms in total. The lowest BCUT2D eigenvalue weighted by Gasteiger charge is -2.02. The van der Waals surface area contributed by atoms with E-state index in [1.54, 1.807) is 23.1 Å². The first kappa shape index (κ1) is 18.0. The van der Waals surface area contributed by atoms with Gasteiger partial charge in [0.15, 0.2) is 0 Å². The van der Waals surface area contributed by atoms with Crippen LogP contribution in [0.15, 0.2) is 41.8 Å². The van der Waals surface area contributed by atoms with E-state index in [4.69, 9.17) is 10.8 Å². The Kier molecular flexibility index (Phi) is 11.4. The van der Waals surface area contributed by atoms with Crippen molar-refractivity contribution in [2.45, 2.75) is 19.4 Å². The van der Waals surface area contributed by atoms with Gasteiger partial charge in [0, 0.05) is 4.88 Å². The Morgan fingerprint density at radius 2 is 2.00 bits per heavy atom. The molecule has 0 fully saturated rings. The maximum Gasteiger partial charge on any atom is 0.320 e. The van der Waals surface area contributed by atoms with Crippen molar-refractivity contribution in [1.29, 1.82) is 0 Å². The summed E-state index contributed by atoms with van der Waals surface area (Å²) in [5.74, 6) is -0.1000. The Morgan fingerprint density at radius 3 is 2.63 bits per heavy atom. The van der Waals surface area contributed by atoms with Crippen molar-refractivity contribution < 1.29 is 9.90 Å². The summed E-state index contributed by atoms with van der Waals surface area (Å²) in [5.41, 5.74) is 5.19. The molecule has 0 spiro atoms. The molecule has 1 heterocycles. The maximum absolute atomic E-state index is 10.1. The molecule has 0 amide bonds. The first-order valence-corrected chi connectivity index (χ1v) is 8.16. The summed E-state index contributed by atoms with van der Waals surface area (Å²) in [4.78, 5) is 11.4. The molecule has 0 saturated carbocycles. The molecule has 0 aromatic carbocycles. The summed E-state index contributed by atoms with van der Waals surface area (Å²) in [6, 6.07) is 11.6. The van der Waals surface area contributed by atoms with Crippen LogP contribution in [0.4, 0.5) is 0 Å². The fourth-order valence-corrected chi connectivity index (χ4v) is 2.01. The number of carboxylic acid groups (broad SMARTS) is 1. The van der Waals surface area contributed by atoms with E-state index in [9.17, 15) is 4.79 Å².